The minimum Gasteiger partial charge on any atom is -0.192 e. The van der Waals surface area contributed by atoms with E-state index in [9.17, 15) is 0 Å². The van der Waals surface area contributed by atoms with Gasteiger partial charge in [-0.25, -0.2) is 0 Å². The van der Waals surface area contributed by atoms with E-state index in [0.29, 0.717) is 0 Å². The highest BCUT2D eigenvalue weighted by atomic mass is 79.9. The van der Waals surface area contributed by atoms with Crippen LogP contribution in [0.4, 0.5) is 0 Å². The molecule has 2 rings (SSSR count). The van der Waals surface area contributed by atoms with Gasteiger partial charge < -0.3 is 0 Å². The third-order valence-corrected chi connectivity index (χ3v) is 3.73. The molecule has 0 aliphatic rings. The second kappa shape index (κ2) is 3.33. The van der Waals surface area contributed by atoms with Crippen molar-refractivity contribution in [3.63, 3.8) is 0 Å². The largest absolute Gasteiger partial charge is 0.192 e. The first-order valence-corrected chi connectivity index (χ1v) is 5.64. The molecule has 0 bridgehead atoms. The molecule has 1 aromatic heterocycles. The molecule has 0 aliphatic carbocycles. The van der Waals surface area contributed by atoms with E-state index in [1.807, 2.05) is 17.5 Å². The van der Waals surface area contributed by atoms with Crippen LogP contribution in [-0.2, 0) is 0 Å². The van der Waals surface area contributed by atoms with Crippen LogP contribution in [0.5, 0.6) is 0 Å². The minimum absolute atomic E-state index is 0.719. The number of rotatable bonds is 0. The van der Waals surface area contributed by atoms with Gasteiger partial charge in [0.15, 0.2) is 0 Å². The fourth-order valence-electron chi connectivity index (χ4n) is 1.17. The minimum atomic E-state index is 0.719. The van der Waals surface area contributed by atoms with Crippen LogP contribution in [0.25, 0.3) is 10.1 Å². The Morgan fingerprint density at radius 2 is 2.23 bits per heavy atom. The Morgan fingerprint density at radius 1 is 1.46 bits per heavy atom. The highest BCUT2D eigenvalue weighted by Crippen LogP contribution is 2.33. The average molecular weight is 270 g/mol. The number of thiol groups is 1. The Hall–Kier alpha value is -0.500. The average Bonchev–Trinajstić information content (AvgIpc) is 2.47. The van der Waals surface area contributed by atoms with Gasteiger partial charge in [-0.05, 0) is 12.1 Å². The topological polar surface area (TPSA) is 23.8 Å². The summed E-state index contributed by atoms with van der Waals surface area (Å²) in [5.41, 5.74) is 0.719. The quantitative estimate of drug-likeness (QED) is 0.723. The van der Waals surface area contributed by atoms with Crippen LogP contribution in [0.15, 0.2) is 26.9 Å². The van der Waals surface area contributed by atoms with Crippen LogP contribution in [0, 0.1) is 11.3 Å². The molecule has 0 atom stereocenters. The van der Waals surface area contributed by atoms with Crippen LogP contribution < -0.4 is 0 Å². The first-order valence-electron chi connectivity index (χ1n) is 3.52. The summed E-state index contributed by atoms with van der Waals surface area (Å²) >= 11 is 9.27. The van der Waals surface area contributed by atoms with E-state index in [4.69, 9.17) is 5.26 Å². The molecule has 13 heavy (non-hydrogen) atoms. The molecule has 0 radical (unpaired) electrons. The van der Waals surface area contributed by atoms with Crippen molar-refractivity contribution in [3.05, 3.63) is 27.5 Å². The highest BCUT2D eigenvalue weighted by molar-refractivity contribution is 9.10. The van der Waals surface area contributed by atoms with E-state index in [1.54, 1.807) is 11.3 Å². The van der Waals surface area contributed by atoms with Gasteiger partial charge in [-0.2, -0.15) is 5.26 Å². The molecule has 0 saturated carbocycles. The number of fused-ring (bicyclic) bond motifs is 1. The van der Waals surface area contributed by atoms with Crippen molar-refractivity contribution in [1.82, 2.24) is 0 Å². The van der Waals surface area contributed by atoms with Gasteiger partial charge in [-0.15, -0.1) is 24.0 Å². The fraction of sp³-hybridized carbons (Fsp3) is 0. The van der Waals surface area contributed by atoms with Crippen molar-refractivity contribution in [3.8, 4) is 6.07 Å². The van der Waals surface area contributed by atoms with Gasteiger partial charge in [0.05, 0.1) is 5.56 Å². The highest BCUT2D eigenvalue weighted by Gasteiger charge is 2.06. The molecule has 0 spiro atoms. The monoisotopic (exact) mass is 269 g/mol. The lowest BCUT2D eigenvalue weighted by Crippen LogP contribution is -1.72. The van der Waals surface area contributed by atoms with Crippen molar-refractivity contribution < 1.29 is 0 Å². The summed E-state index contributed by atoms with van der Waals surface area (Å²) in [7, 11) is 0. The van der Waals surface area contributed by atoms with E-state index in [2.05, 4.69) is 34.6 Å². The van der Waals surface area contributed by atoms with Crippen molar-refractivity contribution in [2.45, 2.75) is 4.90 Å². The van der Waals surface area contributed by atoms with E-state index >= 15 is 0 Å². The molecule has 1 nitrogen and oxygen atoms in total. The normalized spacial score (nSPS) is 10.2. The summed E-state index contributed by atoms with van der Waals surface area (Å²) in [6, 6.07) is 6.04. The molecule has 0 amide bonds. The van der Waals surface area contributed by atoms with Crippen LogP contribution >= 0.6 is 39.9 Å². The molecule has 1 heterocycles. The second-order valence-electron chi connectivity index (χ2n) is 2.56. The summed E-state index contributed by atoms with van der Waals surface area (Å²) in [4.78, 5) is 0.913. The molecule has 64 valence electrons. The number of hydrogen-bond acceptors (Lipinski definition) is 3. The molecular weight excluding hydrogens is 266 g/mol. The third kappa shape index (κ3) is 1.48. The van der Waals surface area contributed by atoms with E-state index in [-0.39, 0.29) is 0 Å². The first-order chi connectivity index (χ1) is 6.22. The molecular formula is C9H4BrNS2. The zero-order valence-electron chi connectivity index (χ0n) is 6.41. The number of nitrogens with zero attached hydrogens (tertiary/aromatic N) is 1. The smallest absolute Gasteiger partial charge is 0.101 e. The summed E-state index contributed by atoms with van der Waals surface area (Å²) in [6.07, 6.45) is 0. The fourth-order valence-corrected chi connectivity index (χ4v) is 3.11. The Balaban J connectivity index is 2.92. The van der Waals surface area contributed by atoms with E-state index in [1.165, 1.54) is 0 Å². The number of hydrogen-bond donors (Lipinski definition) is 1. The number of halogens is 1. The zero-order valence-corrected chi connectivity index (χ0v) is 9.71. The van der Waals surface area contributed by atoms with Crippen LogP contribution in [0.2, 0.25) is 0 Å². The Labute approximate surface area is 93.5 Å². The van der Waals surface area contributed by atoms with Crippen molar-refractivity contribution in [2.75, 3.05) is 0 Å². The molecule has 0 aliphatic heterocycles. The van der Waals surface area contributed by atoms with Crippen molar-refractivity contribution >= 4 is 50.0 Å². The Kier molecular flexibility index (Phi) is 2.33. The van der Waals surface area contributed by atoms with Crippen LogP contribution in [0.3, 0.4) is 0 Å². The molecule has 2 aromatic rings. The lowest BCUT2D eigenvalue weighted by Gasteiger charge is -1.96. The Bertz CT molecular complexity index is 510. The van der Waals surface area contributed by atoms with Gasteiger partial charge in [-0.3, -0.25) is 0 Å². The second-order valence-corrected chi connectivity index (χ2v) is 4.84. The first kappa shape index (κ1) is 9.07. The van der Waals surface area contributed by atoms with Crippen molar-refractivity contribution in [1.29, 1.82) is 5.26 Å². The lowest BCUT2D eigenvalue weighted by molar-refractivity contribution is 1.51. The molecule has 0 unspecified atom stereocenters. The number of thiophene rings is 1. The van der Waals surface area contributed by atoms with Gasteiger partial charge >= 0.3 is 0 Å². The number of benzene rings is 1. The summed E-state index contributed by atoms with van der Waals surface area (Å²) < 4.78 is 2.03. The SMILES string of the molecule is N#Cc1csc2c(S)cc(Br)cc12. The maximum Gasteiger partial charge on any atom is 0.101 e. The third-order valence-electron chi connectivity index (χ3n) is 1.74. The predicted molar refractivity (Wildman–Crippen MR) is 61.5 cm³/mol. The zero-order chi connectivity index (χ0) is 9.42. The van der Waals surface area contributed by atoms with Gasteiger partial charge in [0.25, 0.3) is 0 Å². The summed E-state index contributed by atoms with van der Waals surface area (Å²) in [5.74, 6) is 0. The van der Waals surface area contributed by atoms with Gasteiger partial charge in [0, 0.05) is 24.8 Å². The standard InChI is InChI=1S/C9H4BrNS2/c10-6-1-7-5(3-11)4-13-9(7)8(12)2-6/h1-2,4,12H. The van der Waals surface area contributed by atoms with Gasteiger partial charge in [-0.1, -0.05) is 15.9 Å². The van der Waals surface area contributed by atoms with E-state index < -0.39 is 0 Å². The van der Waals surface area contributed by atoms with Crippen LogP contribution in [-0.4, -0.2) is 0 Å². The van der Waals surface area contributed by atoms with Gasteiger partial charge in [0.1, 0.15) is 6.07 Å². The van der Waals surface area contributed by atoms with Crippen LogP contribution in [0.1, 0.15) is 5.56 Å². The predicted octanol–water partition coefficient (Wildman–Crippen LogP) is 3.82. The Morgan fingerprint density at radius 3 is 2.92 bits per heavy atom. The molecule has 0 fully saturated rings. The molecule has 4 heteroatoms. The number of nitriles is 1. The molecule has 1 aromatic carbocycles. The maximum absolute atomic E-state index is 8.82. The van der Waals surface area contributed by atoms with Gasteiger partial charge in [0.2, 0.25) is 0 Å². The van der Waals surface area contributed by atoms with E-state index in [0.717, 1.165) is 25.0 Å². The molecule has 0 N–H and O–H groups in total. The van der Waals surface area contributed by atoms with Crippen molar-refractivity contribution in [2.24, 2.45) is 0 Å². The lowest BCUT2D eigenvalue weighted by atomic mass is 10.2. The summed E-state index contributed by atoms with van der Waals surface area (Å²) in [5, 5.41) is 11.7. The molecule has 0 saturated heterocycles. The maximum atomic E-state index is 8.82. The summed E-state index contributed by atoms with van der Waals surface area (Å²) in [6.45, 7) is 0.